The van der Waals surface area contributed by atoms with Crippen molar-refractivity contribution in [3.63, 3.8) is 0 Å². The van der Waals surface area contributed by atoms with Gasteiger partial charge in [-0.2, -0.15) is 0 Å². The van der Waals surface area contributed by atoms with E-state index in [0.717, 1.165) is 25.1 Å². The van der Waals surface area contributed by atoms with Crippen LogP contribution in [-0.4, -0.2) is 40.7 Å². The third-order valence-electron chi connectivity index (χ3n) is 5.69. The molecule has 1 atom stereocenters. The van der Waals surface area contributed by atoms with Crippen LogP contribution in [0.3, 0.4) is 0 Å². The van der Waals surface area contributed by atoms with Gasteiger partial charge in [-0.3, -0.25) is 14.7 Å². The Morgan fingerprint density at radius 2 is 2.19 bits per heavy atom. The van der Waals surface area contributed by atoms with E-state index in [9.17, 15) is 9.18 Å². The van der Waals surface area contributed by atoms with Gasteiger partial charge in [0, 0.05) is 43.5 Å². The Hall–Kier alpha value is -3.06. The highest BCUT2D eigenvalue weighted by Crippen LogP contribution is 2.36. The molecule has 3 heterocycles. The molecule has 1 fully saturated rings. The molecule has 6 nitrogen and oxygen atoms in total. The number of piperidine rings is 1. The van der Waals surface area contributed by atoms with E-state index in [0.29, 0.717) is 43.0 Å². The third-order valence-corrected chi connectivity index (χ3v) is 5.69. The molecule has 0 spiro atoms. The highest BCUT2D eigenvalue weighted by Gasteiger charge is 2.44. The molecule has 0 N–H and O–H groups in total. The number of rotatable bonds is 7. The molecule has 0 unspecified atom stereocenters. The van der Waals surface area contributed by atoms with Gasteiger partial charge in [-0.15, -0.1) is 0 Å². The molecule has 1 aliphatic heterocycles. The summed E-state index contributed by atoms with van der Waals surface area (Å²) in [6, 6.07) is 12.0. The Morgan fingerprint density at radius 1 is 1.29 bits per heavy atom. The largest absolute Gasteiger partial charge is 0.466 e. The normalized spacial score (nSPS) is 19.3. The van der Waals surface area contributed by atoms with Crippen molar-refractivity contribution in [2.24, 2.45) is 5.41 Å². The molecule has 1 saturated heterocycles. The summed E-state index contributed by atoms with van der Waals surface area (Å²) in [6.07, 6.45) is 5.58. The molecule has 1 aromatic carbocycles. The maximum Gasteiger partial charge on any atom is 0.313 e. The number of benzene rings is 1. The first-order valence-electron chi connectivity index (χ1n) is 10.6. The smallest absolute Gasteiger partial charge is 0.313 e. The van der Waals surface area contributed by atoms with E-state index < -0.39 is 5.41 Å². The van der Waals surface area contributed by atoms with Gasteiger partial charge in [0.15, 0.2) is 0 Å². The molecular formula is C24H26FN3O3. The zero-order valence-corrected chi connectivity index (χ0v) is 17.6. The van der Waals surface area contributed by atoms with Crippen LogP contribution in [0.5, 0.6) is 0 Å². The summed E-state index contributed by atoms with van der Waals surface area (Å²) in [5.74, 6) is 0.0495. The molecule has 7 heteroatoms. The van der Waals surface area contributed by atoms with Crippen LogP contribution >= 0.6 is 0 Å². The number of esters is 1. The molecule has 0 amide bonds. The standard InChI is InChI=1S/C24H26FN3O3/c1-2-30-23(29)24(9-5-11-28(17-24)16-18-6-4-10-26-15-18)14-21-13-22(27-31-21)19-7-3-8-20(25)12-19/h3-4,6-8,10,12-13,15H,2,5,9,11,14,16-17H2,1H3/t24-/m1/s1. The van der Waals surface area contributed by atoms with Crippen molar-refractivity contribution in [2.75, 3.05) is 19.7 Å². The summed E-state index contributed by atoms with van der Waals surface area (Å²) in [7, 11) is 0. The van der Waals surface area contributed by atoms with Crippen molar-refractivity contribution >= 4 is 5.97 Å². The van der Waals surface area contributed by atoms with E-state index in [1.807, 2.05) is 25.3 Å². The van der Waals surface area contributed by atoms with E-state index in [4.69, 9.17) is 9.26 Å². The summed E-state index contributed by atoms with van der Waals surface area (Å²) in [6.45, 7) is 4.34. The predicted molar refractivity (Wildman–Crippen MR) is 113 cm³/mol. The highest BCUT2D eigenvalue weighted by molar-refractivity contribution is 5.77. The molecule has 0 bridgehead atoms. The number of hydrogen-bond acceptors (Lipinski definition) is 6. The first-order chi connectivity index (χ1) is 15.1. The fourth-order valence-electron chi connectivity index (χ4n) is 4.29. The predicted octanol–water partition coefficient (Wildman–Crippen LogP) is 4.26. The van der Waals surface area contributed by atoms with Gasteiger partial charge in [-0.25, -0.2) is 4.39 Å². The summed E-state index contributed by atoms with van der Waals surface area (Å²) in [5.41, 5.74) is 1.59. The van der Waals surface area contributed by atoms with Crippen molar-refractivity contribution in [2.45, 2.75) is 32.7 Å². The van der Waals surface area contributed by atoms with Crippen LogP contribution in [0.15, 0.2) is 59.4 Å². The number of pyridine rings is 1. The number of carbonyl (C=O) groups excluding carboxylic acids is 1. The summed E-state index contributed by atoms with van der Waals surface area (Å²) < 4.78 is 24.6. The van der Waals surface area contributed by atoms with Crippen molar-refractivity contribution in [3.8, 4) is 11.3 Å². The van der Waals surface area contributed by atoms with E-state index in [1.54, 1.807) is 24.4 Å². The minimum Gasteiger partial charge on any atom is -0.466 e. The molecule has 2 aromatic heterocycles. The Morgan fingerprint density at radius 3 is 2.97 bits per heavy atom. The lowest BCUT2D eigenvalue weighted by Crippen LogP contribution is -2.49. The van der Waals surface area contributed by atoms with Gasteiger partial charge in [-0.05, 0) is 50.1 Å². The summed E-state index contributed by atoms with van der Waals surface area (Å²) in [5, 5.41) is 4.10. The van der Waals surface area contributed by atoms with Crippen LogP contribution in [0, 0.1) is 11.2 Å². The lowest BCUT2D eigenvalue weighted by atomic mass is 9.76. The zero-order chi connectivity index (χ0) is 21.7. The first-order valence-corrected chi connectivity index (χ1v) is 10.6. The number of likely N-dealkylation sites (tertiary alicyclic amines) is 1. The number of carbonyl (C=O) groups is 1. The quantitative estimate of drug-likeness (QED) is 0.529. The van der Waals surface area contributed by atoms with Gasteiger partial charge in [0.1, 0.15) is 17.3 Å². The fourth-order valence-corrected chi connectivity index (χ4v) is 4.29. The molecule has 1 aliphatic rings. The third kappa shape index (κ3) is 4.99. The molecule has 0 aliphatic carbocycles. The average Bonchev–Trinajstić information content (AvgIpc) is 3.23. The minimum absolute atomic E-state index is 0.213. The Bertz CT molecular complexity index is 1020. The van der Waals surface area contributed by atoms with Gasteiger partial charge in [0.05, 0.1) is 12.0 Å². The van der Waals surface area contributed by atoms with Crippen molar-refractivity contribution in [1.82, 2.24) is 15.0 Å². The van der Waals surface area contributed by atoms with Crippen LogP contribution in [0.25, 0.3) is 11.3 Å². The molecule has 31 heavy (non-hydrogen) atoms. The average molecular weight is 423 g/mol. The first kappa shape index (κ1) is 21.2. The van der Waals surface area contributed by atoms with Crippen LogP contribution in [0.1, 0.15) is 31.1 Å². The lowest BCUT2D eigenvalue weighted by Gasteiger charge is -2.40. The maximum absolute atomic E-state index is 13.6. The monoisotopic (exact) mass is 423 g/mol. The maximum atomic E-state index is 13.6. The second kappa shape index (κ2) is 9.39. The molecule has 0 saturated carbocycles. The summed E-state index contributed by atoms with van der Waals surface area (Å²) in [4.78, 5) is 19.5. The van der Waals surface area contributed by atoms with Crippen LogP contribution in [0.4, 0.5) is 4.39 Å². The SMILES string of the molecule is CCOC(=O)[C@@]1(Cc2cc(-c3cccc(F)c3)no2)CCCN(Cc2cccnc2)C1. The van der Waals surface area contributed by atoms with E-state index >= 15 is 0 Å². The van der Waals surface area contributed by atoms with Crippen LogP contribution < -0.4 is 0 Å². The molecule has 4 rings (SSSR count). The van der Waals surface area contributed by atoms with Crippen LogP contribution in [0.2, 0.25) is 0 Å². The number of aromatic nitrogens is 2. The number of hydrogen-bond donors (Lipinski definition) is 0. The second-order valence-corrected chi connectivity index (χ2v) is 8.04. The number of halogens is 1. The van der Waals surface area contributed by atoms with Gasteiger partial charge in [0.2, 0.25) is 0 Å². The van der Waals surface area contributed by atoms with Crippen LogP contribution in [-0.2, 0) is 22.5 Å². The van der Waals surface area contributed by atoms with Gasteiger partial charge < -0.3 is 9.26 Å². The minimum atomic E-state index is -0.713. The molecule has 162 valence electrons. The molecule has 3 aromatic rings. The topological polar surface area (TPSA) is 68.5 Å². The zero-order valence-electron chi connectivity index (χ0n) is 17.6. The number of nitrogens with zero attached hydrogens (tertiary/aromatic N) is 3. The van der Waals surface area contributed by atoms with Crippen molar-refractivity contribution < 1.29 is 18.4 Å². The van der Waals surface area contributed by atoms with Gasteiger partial charge >= 0.3 is 5.97 Å². The van der Waals surface area contributed by atoms with E-state index in [-0.39, 0.29) is 11.8 Å². The Kier molecular flexibility index (Phi) is 6.42. The van der Waals surface area contributed by atoms with Gasteiger partial charge in [0.25, 0.3) is 0 Å². The highest BCUT2D eigenvalue weighted by atomic mass is 19.1. The number of ether oxygens (including phenoxy) is 1. The summed E-state index contributed by atoms with van der Waals surface area (Å²) >= 11 is 0. The van der Waals surface area contributed by atoms with Crippen molar-refractivity contribution in [1.29, 1.82) is 0 Å². The molecule has 0 radical (unpaired) electrons. The Balaban J connectivity index is 1.56. The fraction of sp³-hybridized carbons (Fsp3) is 0.375. The lowest BCUT2D eigenvalue weighted by molar-refractivity contribution is -0.159. The van der Waals surface area contributed by atoms with Gasteiger partial charge in [-0.1, -0.05) is 23.4 Å². The van der Waals surface area contributed by atoms with Crippen molar-refractivity contribution in [3.05, 3.63) is 72.0 Å². The van der Waals surface area contributed by atoms with E-state index in [2.05, 4.69) is 15.0 Å². The molecular weight excluding hydrogens is 397 g/mol. The van der Waals surface area contributed by atoms with E-state index in [1.165, 1.54) is 12.1 Å². The second-order valence-electron chi connectivity index (χ2n) is 8.04. The Labute approximate surface area is 181 Å².